The Hall–Kier alpha value is -2.15. The van der Waals surface area contributed by atoms with Gasteiger partial charge in [-0.25, -0.2) is 0 Å². The predicted molar refractivity (Wildman–Crippen MR) is 92.7 cm³/mol. The quantitative estimate of drug-likeness (QED) is 0.481. The highest BCUT2D eigenvalue weighted by Gasteiger charge is 2.24. The first-order chi connectivity index (χ1) is 11.3. The topological polar surface area (TPSA) is 127 Å². The first-order valence-corrected chi connectivity index (χ1v) is 8.36. The molecule has 0 saturated carbocycles. The summed E-state index contributed by atoms with van der Waals surface area (Å²) in [5.41, 5.74) is 12.1. The van der Waals surface area contributed by atoms with Gasteiger partial charge in [0.05, 0.1) is 6.04 Å². The highest BCUT2D eigenvalue weighted by molar-refractivity contribution is 5.92. The molecule has 0 saturated heterocycles. The molecule has 1 unspecified atom stereocenters. The van der Waals surface area contributed by atoms with E-state index < -0.39 is 29.9 Å². The summed E-state index contributed by atoms with van der Waals surface area (Å²) in [6.45, 7) is 3.47. The number of hydrogen-bond acceptors (Lipinski definition) is 4. The molecule has 6 N–H and O–H groups in total. The standard InChI is InChI=1S/C17H28N4O3/c1-3-7-13(18)17(24)20-11(2)16(23)21-14(15(19)22)10-12-8-5-4-6-9-12/h5,8-9,11,13-14H,3-4,6-7,10,18H2,1-2H3,(H2,19,22)(H,20,24)(H,21,23)/t11-,13-,14?/m0/s1. The minimum Gasteiger partial charge on any atom is -0.368 e. The van der Waals surface area contributed by atoms with Gasteiger partial charge in [-0.3, -0.25) is 14.4 Å². The number of nitrogens with one attached hydrogen (secondary N) is 2. The Labute approximate surface area is 142 Å². The van der Waals surface area contributed by atoms with Crippen LogP contribution in [0.3, 0.4) is 0 Å². The molecule has 0 aromatic heterocycles. The number of primary amides is 1. The summed E-state index contributed by atoms with van der Waals surface area (Å²) in [5.74, 6) is -1.45. The third kappa shape index (κ3) is 6.54. The number of nitrogens with two attached hydrogens (primary N) is 2. The summed E-state index contributed by atoms with van der Waals surface area (Å²) in [4.78, 5) is 35.7. The second kappa shape index (κ2) is 9.87. The van der Waals surface area contributed by atoms with Gasteiger partial charge in [-0.05, 0) is 31.8 Å². The molecular weight excluding hydrogens is 308 g/mol. The second-order valence-corrected chi connectivity index (χ2v) is 6.05. The smallest absolute Gasteiger partial charge is 0.242 e. The Kier molecular flexibility index (Phi) is 8.18. The van der Waals surface area contributed by atoms with E-state index in [0.29, 0.717) is 12.8 Å². The van der Waals surface area contributed by atoms with E-state index in [1.165, 1.54) is 0 Å². The molecule has 0 radical (unpaired) electrons. The molecular formula is C17H28N4O3. The molecule has 0 bridgehead atoms. The third-order valence-electron chi connectivity index (χ3n) is 3.86. The Morgan fingerprint density at radius 1 is 1.21 bits per heavy atom. The van der Waals surface area contributed by atoms with Gasteiger partial charge in [0.2, 0.25) is 17.7 Å². The summed E-state index contributed by atoms with van der Waals surface area (Å²) in [6.07, 6.45) is 9.52. The zero-order valence-corrected chi connectivity index (χ0v) is 14.4. The van der Waals surface area contributed by atoms with Crippen molar-refractivity contribution in [2.45, 2.75) is 64.1 Å². The molecule has 7 heteroatoms. The Morgan fingerprint density at radius 2 is 1.92 bits per heavy atom. The minimum absolute atomic E-state index is 0.341. The lowest BCUT2D eigenvalue weighted by Crippen LogP contribution is -2.54. The number of allylic oxidation sites excluding steroid dienone is 3. The molecule has 3 atom stereocenters. The summed E-state index contributed by atoms with van der Waals surface area (Å²) in [6, 6.07) is -2.25. The zero-order chi connectivity index (χ0) is 18.1. The summed E-state index contributed by atoms with van der Waals surface area (Å²) < 4.78 is 0. The first-order valence-electron chi connectivity index (χ1n) is 8.36. The van der Waals surface area contributed by atoms with Crippen LogP contribution in [0.1, 0.15) is 46.0 Å². The fraction of sp³-hybridized carbons (Fsp3) is 0.588. The lowest BCUT2D eigenvalue weighted by atomic mass is 9.99. The van der Waals surface area contributed by atoms with Crippen LogP contribution in [0.2, 0.25) is 0 Å². The number of rotatable bonds is 9. The molecule has 1 aliphatic carbocycles. The molecule has 1 aliphatic rings. The van der Waals surface area contributed by atoms with Crippen LogP contribution >= 0.6 is 0 Å². The largest absolute Gasteiger partial charge is 0.368 e. The molecule has 0 aliphatic heterocycles. The van der Waals surface area contributed by atoms with Crippen LogP contribution in [0.15, 0.2) is 23.8 Å². The molecule has 3 amide bonds. The summed E-state index contributed by atoms with van der Waals surface area (Å²) >= 11 is 0. The number of carbonyl (C=O) groups is 3. The Morgan fingerprint density at radius 3 is 2.46 bits per heavy atom. The van der Waals surface area contributed by atoms with Crippen LogP contribution in [0.5, 0.6) is 0 Å². The van der Waals surface area contributed by atoms with Crippen molar-refractivity contribution in [2.75, 3.05) is 0 Å². The van der Waals surface area contributed by atoms with E-state index >= 15 is 0 Å². The second-order valence-electron chi connectivity index (χ2n) is 6.05. The SMILES string of the molecule is CCC[C@H](N)C(=O)N[C@@H](C)C(=O)NC(CC1=CCCC=C1)C(N)=O. The van der Waals surface area contributed by atoms with Gasteiger partial charge in [0, 0.05) is 6.42 Å². The van der Waals surface area contributed by atoms with Gasteiger partial charge in [0.15, 0.2) is 0 Å². The fourth-order valence-corrected chi connectivity index (χ4v) is 2.40. The van der Waals surface area contributed by atoms with E-state index in [4.69, 9.17) is 11.5 Å². The van der Waals surface area contributed by atoms with Crippen LogP contribution in [-0.2, 0) is 14.4 Å². The normalized spacial score (nSPS) is 17.4. The van der Waals surface area contributed by atoms with Gasteiger partial charge in [-0.2, -0.15) is 0 Å². The molecule has 0 fully saturated rings. The molecule has 0 heterocycles. The van der Waals surface area contributed by atoms with Crippen molar-refractivity contribution in [3.63, 3.8) is 0 Å². The number of hydrogen-bond donors (Lipinski definition) is 4. The zero-order valence-electron chi connectivity index (χ0n) is 14.4. The average molecular weight is 336 g/mol. The lowest BCUT2D eigenvalue weighted by molar-refractivity contribution is -0.131. The van der Waals surface area contributed by atoms with Crippen LogP contribution in [0.4, 0.5) is 0 Å². The monoisotopic (exact) mass is 336 g/mol. The van der Waals surface area contributed by atoms with Gasteiger partial charge in [-0.1, -0.05) is 31.6 Å². The van der Waals surface area contributed by atoms with Crippen molar-refractivity contribution in [3.8, 4) is 0 Å². The highest BCUT2D eigenvalue weighted by Crippen LogP contribution is 2.15. The van der Waals surface area contributed by atoms with Crippen molar-refractivity contribution in [1.29, 1.82) is 0 Å². The van der Waals surface area contributed by atoms with Crippen molar-refractivity contribution < 1.29 is 14.4 Å². The van der Waals surface area contributed by atoms with Gasteiger partial charge < -0.3 is 22.1 Å². The first kappa shape index (κ1) is 19.9. The third-order valence-corrected chi connectivity index (χ3v) is 3.86. The maximum atomic E-state index is 12.2. The molecule has 0 aromatic carbocycles. The van der Waals surface area contributed by atoms with Crippen LogP contribution < -0.4 is 22.1 Å². The van der Waals surface area contributed by atoms with Gasteiger partial charge >= 0.3 is 0 Å². The molecule has 134 valence electrons. The predicted octanol–water partition coefficient (Wildman–Crippen LogP) is 0.255. The van der Waals surface area contributed by atoms with Crippen LogP contribution in [-0.4, -0.2) is 35.8 Å². The van der Waals surface area contributed by atoms with E-state index in [0.717, 1.165) is 24.8 Å². The maximum Gasteiger partial charge on any atom is 0.242 e. The van der Waals surface area contributed by atoms with E-state index in [-0.39, 0.29) is 5.91 Å². The fourth-order valence-electron chi connectivity index (χ4n) is 2.40. The highest BCUT2D eigenvalue weighted by atomic mass is 16.2. The maximum absolute atomic E-state index is 12.2. The van der Waals surface area contributed by atoms with Gasteiger partial charge in [0.25, 0.3) is 0 Å². The van der Waals surface area contributed by atoms with E-state index in [2.05, 4.69) is 10.6 Å². The minimum atomic E-state index is -0.810. The Balaban J connectivity index is 2.57. The van der Waals surface area contributed by atoms with E-state index in [9.17, 15) is 14.4 Å². The van der Waals surface area contributed by atoms with Crippen LogP contribution in [0, 0.1) is 0 Å². The number of carbonyl (C=O) groups excluding carboxylic acids is 3. The van der Waals surface area contributed by atoms with Gasteiger partial charge in [-0.15, -0.1) is 0 Å². The number of amides is 3. The molecule has 7 nitrogen and oxygen atoms in total. The van der Waals surface area contributed by atoms with Crippen molar-refractivity contribution in [2.24, 2.45) is 11.5 Å². The molecule has 0 spiro atoms. The van der Waals surface area contributed by atoms with Gasteiger partial charge in [0.1, 0.15) is 12.1 Å². The lowest BCUT2D eigenvalue weighted by Gasteiger charge is -2.21. The van der Waals surface area contributed by atoms with E-state index in [1.807, 2.05) is 25.2 Å². The van der Waals surface area contributed by atoms with E-state index in [1.54, 1.807) is 6.92 Å². The summed E-state index contributed by atoms with van der Waals surface area (Å²) in [5, 5.41) is 5.15. The van der Waals surface area contributed by atoms with Crippen molar-refractivity contribution in [1.82, 2.24) is 10.6 Å². The average Bonchev–Trinajstić information content (AvgIpc) is 2.55. The molecule has 0 aromatic rings. The van der Waals surface area contributed by atoms with Crippen molar-refractivity contribution >= 4 is 17.7 Å². The van der Waals surface area contributed by atoms with Crippen LogP contribution in [0.25, 0.3) is 0 Å². The Bertz CT molecular complexity index is 528. The molecule has 1 rings (SSSR count). The van der Waals surface area contributed by atoms with Crippen molar-refractivity contribution in [3.05, 3.63) is 23.8 Å². The summed E-state index contributed by atoms with van der Waals surface area (Å²) in [7, 11) is 0. The molecule has 24 heavy (non-hydrogen) atoms.